The molecule has 152 valence electrons. The molecule has 1 heterocycles. The molecule has 0 atom stereocenters. The average Bonchev–Trinajstić information content (AvgIpc) is 2.71. The van der Waals surface area contributed by atoms with Crippen LogP contribution >= 0.6 is 11.8 Å². The molecule has 2 aromatic carbocycles. The minimum absolute atomic E-state index is 0.00242. The van der Waals surface area contributed by atoms with Crippen molar-refractivity contribution in [3.05, 3.63) is 53.8 Å². The molecular weight excluding hydrogens is 385 g/mol. The maximum absolute atomic E-state index is 13.3. The SMILES string of the molecule is CCc1ccc2nc(-c3ccc(F)cc3)nc(SCC(=O)NCCC(C)C)c2c1. The topological polar surface area (TPSA) is 54.9 Å². The number of fused-ring (bicyclic) bond motifs is 1. The molecular formula is C23H26FN3OS. The number of nitrogens with zero attached hydrogens (tertiary/aromatic N) is 2. The summed E-state index contributed by atoms with van der Waals surface area (Å²) in [6, 6.07) is 12.3. The number of hydrogen-bond acceptors (Lipinski definition) is 4. The second-order valence-corrected chi connectivity index (χ2v) is 8.35. The Bertz CT molecular complexity index is 989. The number of rotatable bonds is 8. The molecule has 0 bridgehead atoms. The van der Waals surface area contributed by atoms with Crippen LogP contribution in [-0.4, -0.2) is 28.2 Å². The van der Waals surface area contributed by atoms with Crippen LogP contribution in [0.4, 0.5) is 4.39 Å². The summed E-state index contributed by atoms with van der Waals surface area (Å²) in [5, 5.41) is 4.67. The van der Waals surface area contributed by atoms with Gasteiger partial charge in [0, 0.05) is 17.5 Å². The van der Waals surface area contributed by atoms with Crippen LogP contribution in [0.5, 0.6) is 0 Å². The molecule has 0 fully saturated rings. The van der Waals surface area contributed by atoms with Crippen LogP contribution in [0.1, 0.15) is 32.8 Å². The van der Waals surface area contributed by atoms with Gasteiger partial charge in [0.05, 0.1) is 11.3 Å². The van der Waals surface area contributed by atoms with Crippen molar-refractivity contribution in [1.29, 1.82) is 0 Å². The van der Waals surface area contributed by atoms with Crippen LogP contribution in [0.25, 0.3) is 22.3 Å². The van der Waals surface area contributed by atoms with Crippen molar-refractivity contribution < 1.29 is 9.18 Å². The maximum Gasteiger partial charge on any atom is 0.230 e. The first-order valence-corrected chi connectivity index (χ1v) is 10.9. The summed E-state index contributed by atoms with van der Waals surface area (Å²) in [5.41, 5.74) is 2.76. The fourth-order valence-electron chi connectivity index (χ4n) is 2.89. The lowest BCUT2D eigenvalue weighted by Crippen LogP contribution is -2.26. The maximum atomic E-state index is 13.3. The van der Waals surface area contributed by atoms with Crippen LogP contribution in [0.2, 0.25) is 0 Å². The predicted octanol–water partition coefficient (Wildman–Crippen LogP) is 5.25. The van der Waals surface area contributed by atoms with E-state index in [0.717, 1.165) is 34.3 Å². The number of benzene rings is 2. The highest BCUT2D eigenvalue weighted by molar-refractivity contribution is 8.00. The van der Waals surface area contributed by atoms with Crippen LogP contribution in [0.15, 0.2) is 47.5 Å². The van der Waals surface area contributed by atoms with Gasteiger partial charge >= 0.3 is 0 Å². The summed E-state index contributed by atoms with van der Waals surface area (Å²) in [6.45, 7) is 7.05. The zero-order valence-electron chi connectivity index (χ0n) is 17.0. The normalized spacial score (nSPS) is 11.2. The first-order chi connectivity index (χ1) is 14.0. The molecule has 29 heavy (non-hydrogen) atoms. The van der Waals surface area contributed by atoms with E-state index in [1.165, 1.54) is 29.5 Å². The van der Waals surface area contributed by atoms with Gasteiger partial charge in [-0.3, -0.25) is 4.79 Å². The standard InChI is InChI=1S/C23H26FN3OS/c1-4-16-5-10-20-19(13-16)23(29-14-21(28)25-12-11-15(2)3)27-22(26-20)17-6-8-18(24)9-7-17/h5-10,13,15H,4,11-12,14H2,1-3H3,(H,25,28). The Kier molecular flexibility index (Phi) is 7.20. The lowest BCUT2D eigenvalue weighted by molar-refractivity contribution is -0.118. The number of hydrogen-bond donors (Lipinski definition) is 1. The summed E-state index contributed by atoms with van der Waals surface area (Å²) in [5.74, 6) is 1.08. The Morgan fingerprint density at radius 2 is 1.90 bits per heavy atom. The molecule has 0 saturated heterocycles. The first-order valence-electron chi connectivity index (χ1n) is 9.92. The van der Waals surface area contributed by atoms with Gasteiger partial charge in [0.25, 0.3) is 0 Å². The summed E-state index contributed by atoms with van der Waals surface area (Å²) in [4.78, 5) is 21.6. The Hall–Kier alpha value is -2.47. The highest BCUT2D eigenvalue weighted by Crippen LogP contribution is 2.29. The van der Waals surface area contributed by atoms with Crippen molar-refractivity contribution in [1.82, 2.24) is 15.3 Å². The van der Waals surface area contributed by atoms with Gasteiger partial charge in [0.2, 0.25) is 5.91 Å². The Morgan fingerprint density at radius 3 is 2.59 bits per heavy atom. The van der Waals surface area contributed by atoms with Crippen LogP contribution in [0, 0.1) is 11.7 Å². The molecule has 6 heteroatoms. The van der Waals surface area contributed by atoms with Gasteiger partial charge in [-0.1, -0.05) is 38.6 Å². The van der Waals surface area contributed by atoms with E-state index in [1.54, 1.807) is 12.1 Å². The molecule has 0 saturated carbocycles. The second kappa shape index (κ2) is 9.83. The van der Waals surface area contributed by atoms with E-state index >= 15 is 0 Å². The molecule has 0 aliphatic rings. The van der Waals surface area contributed by atoms with Crippen molar-refractivity contribution in [3.63, 3.8) is 0 Å². The minimum Gasteiger partial charge on any atom is -0.355 e. The molecule has 4 nitrogen and oxygen atoms in total. The summed E-state index contributed by atoms with van der Waals surface area (Å²) < 4.78 is 13.3. The molecule has 0 aliphatic heterocycles. The van der Waals surface area contributed by atoms with Gasteiger partial charge in [-0.2, -0.15) is 0 Å². The largest absolute Gasteiger partial charge is 0.355 e. The van der Waals surface area contributed by atoms with Gasteiger partial charge < -0.3 is 5.32 Å². The molecule has 0 aliphatic carbocycles. The molecule has 3 rings (SSSR count). The number of carbonyl (C=O) groups excluding carboxylic acids is 1. The van der Waals surface area contributed by atoms with Crippen molar-refractivity contribution in [2.75, 3.05) is 12.3 Å². The van der Waals surface area contributed by atoms with E-state index in [0.29, 0.717) is 24.0 Å². The molecule has 3 aromatic rings. The van der Waals surface area contributed by atoms with Gasteiger partial charge in [-0.15, -0.1) is 0 Å². The molecule has 0 spiro atoms. The van der Waals surface area contributed by atoms with Gasteiger partial charge in [0.15, 0.2) is 5.82 Å². The quantitative estimate of drug-likeness (QED) is 0.406. The van der Waals surface area contributed by atoms with Crippen molar-refractivity contribution in [2.24, 2.45) is 5.92 Å². The number of halogens is 1. The van der Waals surface area contributed by atoms with Crippen molar-refractivity contribution in [3.8, 4) is 11.4 Å². The van der Waals surface area contributed by atoms with E-state index in [2.05, 4.69) is 43.2 Å². The van der Waals surface area contributed by atoms with E-state index in [-0.39, 0.29) is 11.7 Å². The third-order valence-electron chi connectivity index (χ3n) is 4.62. The van der Waals surface area contributed by atoms with Crippen LogP contribution in [-0.2, 0) is 11.2 Å². The molecule has 1 N–H and O–H groups in total. The Balaban J connectivity index is 1.88. The molecule has 1 amide bonds. The summed E-state index contributed by atoms with van der Waals surface area (Å²) in [6.07, 6.45) is 1.87. The smallest absolute Gasteiger partial charge is 0.230 e. The fraction of sp³-hybridized carbons (Fsp3) is 0.348. The molecule has 0 radical (unpaired) electrons. The monoisotopic (exact) mass is 411 g/mol. The second-order valence-electron chi connectivity index (χ2n) is 7.39. The number of aryl methyl sites for hydroxylation is 1. The summed E-state index contributed by atoms with van der Waals surface area (Å²) in [7, 11) is 0. The van der Waals surface area contributed by atoms with Gasteiger partial charge in [-0.05, 0) is 60.7 Å². The highest BCUT2D eigenvalue weighted by Gasteiger charge is 2.13. The third kappa shape index (κ3) is 5.76. The van der Waals surface area contributed by atoms with Gasteiger partial charge in [-0.25, -0.2) is 14.4 Å². The van der Waals surface area contributed by atoms with E-state index in [4.69, 9.17) is 4.98 Å². The number of carbonyl (C=O) groups is 1. The lowest BCUT2D eigenvalue weighted by Gasteiger charge is -2.11. The van der Waals surface area contributed by atoms with Crippen LogP contribution < -0.4 is 5.32 Å². The Morgan fingerprint density at radius 1 is 1.14 bits per heavy atom. The third-order valence-corrected chi connectivity index (χ3v) is 5.61. The number of aromatic nitrogens is 2. The summed E-state index contributed by atoms with van der Waals surface area (Å²) >= 11 is 1.41. The molecule has 0 unspecified atom stereocenters. The number of thioether (sulfide) groups is 1. The van der Waals surface area contributed by atoms with E-state index < -0.39 is 0 Å². The zero-order chi connectivity index (χ0) is 20.8. The van der Waals surface area contributed by atoms with Crippen molar-refractivity contribution >= 4 is 28.6 Å². The van der Waals surface area contributed by atoms with E-state index in [1.807, 2.05) is 6.07 Å². The number of amides is 1. The highest BCUT2D eigenvalue weighted by atomic mass is 32.2. The minimum atomic E-state index is -0.296. The van der Waals surface area contributed by atoms with Crippen molar-refractivity contribution in [2.45, 2.75) is 38.6 Å². The number of nitrogens with one attached hydrogen (secondary N) is 1. The van der Waals surface area contributed by atoms with Gasteiger partial charge in [0.1, 0.15) is 10.8 Å². The lowest BCUT2D eigenvalue weighted by atomic mass is 10.1. The Labute approximate surface area is 175 Å². The zero-order valence-corrected chi connectivity index (χ0v) is 17.9. The average molecular weight is 412 g/mol. The van der Waals surface area contributed by atoms with Crippen LogP contribution in [0.3, 0.4) is 0 Å². The predicted molar refractivity (Wildman–Crippen MR) is 117 cm³/mol. The molecule has 1 aromatic heterocycles. The fourth-order valence-corrected chi connectivity index (χ4v) is 3.73. The first kappa shape index (κ1) is 21.2. The van der Waals surface area contributed by atoms with E-state index in [9.17, 15) is 9.18 Å².